The van der Waals surface area contributed by atoms with E-state index in [4.69, 9.17) is 0 Å². The molecule has 0 atom stereocenters. The van der Waals surface area contributed by atoms with Gasteiger partial charge in [0.2, 0.25) is 0 Å². The molecule has 0 amide bonds. The number of hydrogen-bond acceptors (Lipinski definition) is 0. The highest BCUT2D eigenvalue weighted by Crippen LogP contribution is 2.12. The van der Waals surface area contributed by atoms with Gasteiger partial charge in [0.05, 0.1) is 0 Å². The minimum Gasteiger partial charge on any atom is -0.0590 e. The summed E-state index contributed by atoms with van der Waals surface area (Å²) in [6.45, 7) is 2.12. The smallest absolute Gasteiger partial charge is 0.0130 e. The molecule has 2 aromatic carbocycles. The molecular weight excluding hydrogens is 295 g/mol. The standard InChI is InChI=1S/C14H13I/c1-11-2-4-12(5-3-11)10-13-6-8-14(15)9-7-13/h2-9H,10H2,1H3. The lowest BCUT2D eigenvalue weighted by molar-refractivity contribution is 1.18. The van der Waals surface area contributed by atoms with E-state index < -0.39 is 0 Å². The molecule has 1 heteroatoms. The minimum atomic E-state index is 1.02. The van der Waals surface area contributed by atoms with Crippen molar-refractivity contribution in [2.24, 2.45) is 0 Å². The molecule has 0 spiro atoms. The fourth-order valence-corrected chi connectivity index (χ4v) is 1.90. The third-order valence-electron chi connectivity index (χ3n) is 2.44. The lowest BCUT2D eigenvalue weighted by Gasteiger charge is -2.02. The number of rotatable bonds is 2. The van der Waals surface area contributed by atoms with Crippen molar-refractivity contribution < 1.29 is 0 Å². The topological polar surface area (TPSA) is 0 Å². The van der Waals surface area contributed by atoms with Crippen LogP contribution in [0.4, 0.5) is 0 Å². The SMILES string of the molecule is Cc1ccc(Cc2ccc(I)cc2)cc1. The fraction of sp³-hybridized carbons (Fsp3) is 0.143. The van der Waals surface area contributed by atoms with Crippen molar-refractivity contribution in [3.05, 3.63) is 68.8 Å². The average molecular weight is 308 g/mol. The molecular formula is C14H13I. The number of halogens is 1. The highest BCUT2D eigenvalue weighted by molar-refractivity contribution is 14.1. The molecule has 0 N–H and O–H groups in total. The van der Waals surface area contributed by atoms with Crippen molar-refractivity contribution in [3.63, 3.8) is 0 Å². The largest absolute Gasteiger partial charge is 0.0590 e. The first-order chi connectivity index (χ1) is 7.24. The molecule has 0 aliphatic heterocycles. The summed E-state index contributed by atoms with van der Waals surface area (Å²) >= 11 is 2.33. The molecule has 0 nitrogen and oxygen atoms in total. The Hall–Kier alpha value is -0.830. The zero-order valence-electron chi connectivity index (χ0n) is 8.70. The maximum absolute atomic E-state index is 2.33. The lowest BCUT2D eigenvalue weighted by atomic mass is 10.0. The van der Waals surface area contributed by atoms with Gasteiger partial charge in [-0.2, -0.15) is 0 Å². The Bertz CT molecular complexity index is 382. The molecule has 2 rings (SSSR count). The zero-order valence-corrected chi connectivity index (χ0v) is 10.9. The Balaban J connectivity index is 2.15. The van der Waals surface area contributed by atoms with Crippen LogP contribution in [0.5, 0.6) is 0 Å². The normalized spacial score (nSPS) is 10.3. The third kappa shape index (κ3) is 3.06. The molecule has 0 aromatic heterocycles. The Morgan fingerprint density at radius 1 is 0.800 bits per heavy atom. The van der Waals surface area contributed by atoms with Gasteiger partial charge >= 0.3 is 0 Å². The summed E-state index contributed by atoms with van der Waals surface area (Å²) in [4.78, 5) is 0. The van der Waals surface area contributed by atoms with Gasteiger partial charge in [-0.3, -0.25) is 0 Å². The van der Waals surface area contributed by atoms with Crippen LogP contribution in [0.15, 0.2) is 48.5 Å². The van der Waals surface area contributed by atoms with Gasteiger partial charge in [0, 0.05) is 3.57 Å². The van der Waals surface area contributed by atoms with Gasteiger partial charge in [-0.05, 0) is 59.2 Å². The molecule has 0 unspecified atom stereocenters. The Kier molecular flexibility index (Phi) is 3.41. The summed E-state index contributed by atoms with van der Waals surface area (Å²) in [5.74, 6) is 0. The zero-order chi connectivity index (χ0) is 10.7. The van der Waals surface area contributed by atoms with Gasteiger partial charge in [-0.15, -0.1) is 0 Å². The van der Waals surface area contributed by atoms with Crippen molar-refractivity contribution in [1.82, 2.24) is 0 Å². The van der Waals surface area contributed by atoms with Gasteiger partial charge in [0.1, 0.15) is 0 Å². The molecule has 76 valence electrons. The first-order valence-corrected chi connectivity index (χ1v) is 6.12. The van der Waals surface area contributed by atoms with Crippen molar-refractivity contribution in [3.8, 4) is 0 Å². The van der Waals surface area contributed by atoms with Crippen LogP contribution in [0, 0.1) is 10.5 Å². The molecule has 0 fully saturated rings. The van der Waals surface area contributed by atoms with Crippen LogP contribution in [0.25, 0.3) is 0 Å². The van der Waals surface area contributed by atoms with E-state index in [1.807, 2.05) is 0 Å². The Labute approximate surface area is 104 Å². The second-order valence-corrected chi connectivity index (χ2v) is 5.03. The van der Waals surface area contributed by atoms with Gasteiger partial charge in [-0.25, -0.2) is 0 Å². The van der Waals surface area contributed by atoms with E-state index in [2.05, 4.69) is 78.0 Å². The predicted molar refractivity (Wildman–Crippen MR) is 73.1 cm³/mol. The lowest BCUT2D eigenvalue weighted by Crippen LogP contribution is -1.88. The van der Waals surface area contributed by atoms with Crippen LogP contribution in [0.1, 0.15) is 16.7 Å². The average Bonchev–Trinajstić information content (AvgIpc) is 2.25. The second-order valence-electron chi connectivity index (χ2n) is 3.79. The van der Waals surface area contributed by atoms with Crippen LogP contribution < -0.4 is 0 Å². The molecule has 0 radical (unpaired) electrons. The van der Waals surface area contributed by atoms with Crippen LogP contribution in [0.3, 0.4) is 0 Å². The molecule has 0 aliphatic rings. The summed E-state index contributed by atoms with van der Waals surface area (Å²) in [5, 5.41) is 0. The van der Waals surface area contributed by atoms with E-state index in [0.717, 1.165) is 6.42 Å². The monoisotopic (exact) mass is 308 g/mol. The van der Waals surface area contributed by atoms with E-state index in [9.17, 15) is 0 Å². The van der Waals surface area contributed by atoms with Crippen molar-refractivity contribution in [1.29, 1.82) is 0 Å². The van der Waals surface area contributed by atoms with E-state index in [1.165, 1.54) is 20.3 Å². The quantitative estimate of drug-likeness (QED) is 0.730. The molecule has 15 heavy (non-hydrogen) atoms. The summed E-state index contributed by atoms with van der Waals surface area (Å²) in [6, 6.07) is 17.4. The minimum absolute atomic E-state index is 1.02. The van der Waals surface area contributed by atoms with Gasteiger partial charge < -0.3 is 0 Å². The van der Waals surface area contributed by atoms with Crippen molar-refractivity contribution in [2.45, 2.75) is 13.3 Å². The Morgan fingerprint density at radius 2 is 1.27 bits per heavy atom. The first-order valence-electron chi connectivity index (χ1n) is 5.04. The van der Waals surface area contributed by atoms with E-state index in [0.29, 0.717) is 0 Å². The van der Waals surface area contributed by atoms with E-state index in [1.54, 1.807) is 0 Å². The number of benzene rings is 2. The van der Waals surface area contributed by atoms with Gasteiger partial charge in [0.15, 0.2) is 0 Å². The van der Waals surface area contributed by atoms with Gasteiger partial charge in [-0.1, -0.05) is 42.0 Å². The van der Waals surface area contributed by atoms with Gasteiger partial charge in [0.25, 0.3) is 0 Å². The predicted octanol–water partition coefficient (Wildman–Crippen LogP) is 4.19. The summed E-state index contributed by atoms with van der Waals surface area (Å²) in [6.07, 6.45) is 1.02. The van der Waals surface area contributed by atoms with E-state index >= 15 is 0 Å². The molecule has 0 heterocycles. The summed E-state index contributed by atoms with van der Waals surface area (Å²) in [7, 11) is 0. The maximum Gasteiger partial charge on any atom is 0.0130 e. The van der Waals surface area contributed by atoms with Crippen molar-refractivity contribution >= 4 is 22.6 Å². The van der Waals surface area contributed by atoms with Crippen LogP contribution >= 0.6 is 22.6 Å². The molecule has 0 saturated heterocycles. The van der Waals surface area contributed by atoms with Crippen LogP contribution in [-0.2, 0) is 6.42 Å². The first kappa shape index (κ1) is 10.7. The third-order valence-corrected chi connectivity index (χ3v) is 3.16. The second kappa shape index (κ2) is 4.79. The summed E-state index contributed by atoms with van der Waals surface area (Å²) in [5.41, 5.74) is 4.07. The van der Waals surface area contributed by atoms with E-state index in [-0.39, 0.29) is 0 Å². The fourth-order valence-electron chi connectivity index (χ4n) is 1.54. The highest BCUT2D eigenvalue weighted by atomic mass is 127. The number of aryl methyl sites for hydroxylation is 1. The molecule has 2 aromatic rings. The Morgan fingerprint density at radius 3 is 1.80 bits per heavy atom. The van der Waals surface area contributed by atoms with Crippen LogP contribution in [-0.4, -0.2) is 0 Å². The molecule has 0 bridgehead atoms. The highest BCUT2D eigenvalue weighted by Gasteiger charge is 1.95. The van der Waals surface area contributed by atoms with Crippen molar-refractivity contribution in [2.75, 3.05) is 0 Å². The summed E-state index contributed by atoms with van der Waals surface area (Å²) < 4.78 is 1.29. The molecule has 0 aliphatic carbocycles. The molecule has 0 saturated carbocycles. The number of hydrogen-bond donors (Lipinski definition) is 0. The maximum atomic E-state index is 2.33. The van der Waals surface area contributed by atoms with Crippen LogP contribution in [0.2, 0.25) is 0 Å².